The third-order valence-corrected chi connectivity index (χ3v) is 6.26. The highest BCUT2D eigenvalue weighted by Crippen LogP contribution is 2.43. The Bertz CT molecular complexity index is 1190. The van der Waals surface area contributed by atoms with Gasteiger partial charge in [0.05, 0.1) is 22.1 Å². The van der Waals surface area contributed by atoms with Crippen LogP contribution in [-0.4, -0.2) is 31.3 Å². The first-order valence-corrected chi connectivity index (χ1v) is 10.5. The van der Waals surface area contributed by atoms with E-state index in [0.29, 0.717) is 6.61 Å². The average molecular weight is 404 g/mol. The Balaban J connectivity index is 1.65. The minimum Gasteiger partial charge on any atom is -0.491 e. The number of aryl methyl sites for hydroxylation is 1. The lowest BCUT2D eigenvalue weighted by Gasteiger charge is -2.10. The number of ether oxygens (including phenoxy) is 1. The Morgan fingerprint density at radius 2 is 2.07 bits per heavy atom. The molecule has 0 spiro atoms. The van der Waals surface area contributed by atoms with Crippen molar-refractivity contribution in [1.82, 2.24) is 24.7 Å². The molecule has 0 atom stereocenters. The Morgan fingerprint density at radius 1 is 1.17 bits per heavy atom. The third-order valence-electron chi connectivity index (χ3n) is 5.08. The quantitative estimate of drug-likeness (QED) is 0.484. The summed E-state index contributed by atoms with van der Waals surface area (Å²) in [6.45, 7) is 6.88. The standard InChI is InChI=1S/C22H21N5OS/c1-13(2)27-22(24-12-25-27)19-11-15-8-10-28-18-7-6-17(26-20(18)21(15)29-19)16-5-4-9-23-14(16)3/h4-7,9,11-13H,8,10H2,1-3H3. The van der Waals surface area contributed by atoms with E-state index in [-0.39, 0.29) is 6.04 Å². The molecule has 0 saturated carbocycles. The van der Waals surface area contributed by atoms with Crippen molar-refractivity contribution in [3.8, 4) is 38.3 Å². The van der Waals surface area contributed by atoms with E-state index in [4.69, 9.17) is 9.72 Å². The monoisotopic (exact) mass is 403 g/mol. The Morgan fingerprint density at radius 3 is 2.90 bits per heavy atom. The van der Waals surface area contributed by atoms with Crippen LogP contribution < -0.4 is 4.74 Å². The van der Waals surface area contributed by atoms with Crippen molar-refractivity contribution in [3.63, 3.8) is 0 Å². The second-order valence-electron chi connectivity index (χ2n) is 7.37. The maximum Gasteiger partial charge on any atom is 0.168 e. The first kappa shape index (κ1) is 18.0. The van der Waals surface area contributed by atoms with Crippen LogP contribution >= 0.6 is 11.3 Å². The first-order valence-electron chi connectivity index (χ1n) is 9.70. The zero-order valence-corrected chi connectivity index (χ0v) is 17.4. The predicted molar refractivity (Wildman–Crippen MR) is 114 cm³/mol. The van der Waals surface area contributed by atoms with Gasteiger partial charge in [0, 0.05) is 29.9 Å². The molecule has 6 nitrogen and oxygen atoms in total. The number of thiophene rings is 1. The van der Waals surface area contributed by atoms with E-state index >= 15 is 0 Å². The van der Waals surface area contributed by atoms with E-state index in [1.807, 2.05) is 29.8 Å². The van der Waals surface area contributed by atoms with E-state index in [1.54, 1.807) is 23.9 Å². The second kappa shape index (κ2) is 7.08. The molecule has 5 heterocycles. The molecule has 0 saturated heterocycles. The first-order chi connectivity index (χ1) is 14.1. The van der Waals surface area contributed by atoms with Crippen LogP contribution in [0.15, 0.2) is 42.9 Å². The molecule has 5 rings (SSSR count). The van der Waals surface area contributed by atoms with E-state index in [9.17, 15) is 0 Å². The highest BCUT2D eigenvalue weighted by atomic mass is 32.1. The third kappa shape index (κ3) is 3.11. The summed E-state index contributed by atoms with van der Waals surface area (Å²) >= 11 is 1.71. The molecule has 146 valence electrons. The molecular weight excluding hydrogens is 382 g/mol. The van der Waals surface area contributed by atoms with Gasteiger partial charge in [0.1, 0.15) is 17.8 Å². The summed E-state index contributed by atoms with van der Waals surface area (Å²) in [5, 5.41) is 4.39. The number of hydrogen-bond donors (Lipinski definition) is 0. The minimum atomic E-state index is 0.253. The zero-order chi connectivity index (χ0) is 20.0. The van der Waals surface area contributed by atoms with Crippen molar-refractivity contribution in [3.05, 3.63) is 54.1 Å². The van der Waals surface area contributed by atoms with Gasteiger partial charge in [0.2, 0.25) is 0 Å². The molecule has 0 amide bonds. The molecule has 0 aromatic carbocycles. The van der Waals surface area contributed by atoms with Gasteiger partial charge in [-0.05, 0) is 56.7 Å². The fourth-order valence-corrected chi connectivity index (χ4v) is 4.82. The van der Waals surface area contributed by atoms with Gasteiger partial charge in [-0.1, -0.05) is 0 Å². The fourth-order valence-electron chi connectivity index (χ4n) is 3.63. The molecule has 0 fully saturated rings. The van der Waals surface area contributed by atoms with Gasteiger partial charge in [-0.15, -0.1) is 11.3 Å². The van der Waals surface area contributed by atoms with Crippen molar-refractivity contribution >= 4 is 11.3 Å². The Labute approximate surface area is 173 Å². The summed E-state index contributed by atoms with van der Waals surface area (Å²) in [5.74, 6) is 1.73. The van der Waals surface area contributed by atoms with E-state index in [1.165, 1.54) is 5.56 Å². The van der Waals surface area contributed by atoms with Crippen molar-refractivity contribution in [1.29, 1.82) is 0 Å². The number of nitrogens with zero attached hydrogens (tertiary/aromatic N) is 5. The molecule has 4 aromatic heterocycles. The molecule has 1 aliphatic rings. The highest BCUT2D eigenvalue weighted by molar-refractivity contribution is 7.19. The topological polar surface area (TPSA) is 65.7 Å². The maximum absolute atomic E-state index is 6.00. The largest absolute Gasteiger partial charge is 0.491 e. The average Bonchev–Trinajstić information content (AvgIpc) is 3.33. The SMILES string of the molecule is Cc1ncccc1-c1ccc2c(n1)-c1sc(-c3ncnn3C(C)C)cc1CCO2. The summed E-state index contributed by atoms with van der Waals surface area (Å²) in [4.78, 5) is 16.2. The smallest absolute Gasteiger partial charge is 0.168 e. The lowest BCUT2D eigenvalue weighted by Crippen LogP contribution is -2.04. The number of pyridine rings is 2. The van der Waals surface area contributed by atoms with Gasteiger partial charge in [0.15, 0.2) is 5.82 Å². The Kier molecular flexibility index (Phi) is 4.39. The van der Waals surface area contributed by atoms with Crippen LogP contribution in [-0.2, 0) is 6.42 Å². The van der Waals surface area contributed by atoms with Crippen LogP contribution in [0.3, 0.4) is 0 Å². The molecule has 0 bridgehead atoms. The van der Waals surface area contributed by atoms with Crippen molar-refractivity contribution < 1.29 is 4.74 Å². The van der Waals surface area contributed by atoms with Crippen molar-refractivity contribution in [2.45, 2.75) is 33.2 Å². The van der Waals surface area contributed by atoms with Gasteiger partial charge in [-0.2, -0.15) is 5.10 Å². The lowest BCUT2D eigenvalue weighted by molar-refractivity contribution is 0.325. The Hall–Kier alpha value is -3.06. The molecule has 0 aliphatic carbocycles. The highest BCUT2D eigenvalue weighted by Gasteiger charge is 2.23. The van der Waals surface area contributed by atoms with Crippen LogP contribution in [0.4, 0.5) is 0 Å². The van der Waals surface area contributed by atoms with Crippen molar-refractivity contribution in [2.24, 2.45) is 0 Å². The molecule has 0 radical (unpaired) electrons. The van der Waals surface area contributed by atoms with Gasteiger partial charge < -0.3 is 4.74 Å². The van der Waals surface area contributed by atoms with Crippen LogP contribution in [0.25, 0.3) is 32.5 Å². The second-order valence-corrected chi connectivity index (χ2v) is 8.42. The van der Waals surface area contributed by atoms with E-state index < -0.39 is 0 Å². The number of fused-ring (bicyclic) bond motifs is 3. The summed E-state index contributed by atoms with van der Waals surface area (Å²) in [6.07, 6.45) is 4.28. The van der Waals surface area contributed by atoms with E-state index in [0.717, 1.165) is 50.4 Å². The van der Waals surface area contributed by atoms with Crippen LogP contribution in [0.5, 0.6) is 5.75 Å². The fraction of sp³-hybridized carbons (Fsp3) is 0.273. The van der Waals surface area contributed by atoms with Gasteiger partial charge in [0.25, 0.3) is 0 Å². The number of hydrogen-bond acceptors (Lipinski definition) is 6. The van der Waals surface area contributed by atoms with Crippen LogP contribution in [0.1, 0.15) is 31.1 Å². The summed E-state index contributed by atoms with van der Waals surface area (Å²) in [5.41, 5.74) is 5.05. The number of rotatable bonds is 3. The summed E-state index contributed by atoms with van der Waals surface area (Å²) in [6, 6.07) is 10.5. The normalized spacial score (nSPS) is 13.0. The van der Waals surface area contributed by atoms with Gasteiger partial charge in [-0.25, -0.2) is 14.6 Å². The summed E-state index contributed by atoms with van der Waals surface area (Å²) in [7, 11) is 0. The van der Waals surface area contributed by atoms with Gasteiger partial charge >= 0.3 is 0 Å². The summed E-state index contributed by atoms with van der Waals surface area (Å²) < 4.78 is 7.96. The minimum absolute atomic E-state index is 0.253. The van der Waals surface area contributed by atoms with Gasteiger partial charge in [-0.3, -0.25) is 4.98 Å². The molecule has 7 heteroatoms. The van der Waals surface area contributed by atoms with E-state index in [2.05, 4.69) is 41.0 Å². The zero-order valence-electron chi connectivity index (χ0n) is 16.6. The predicted octanol–water partition coefficient (Wildman–Crippen LogP) is 4.95. The molecule has 1 aliphatic heterocycles. The maximum atomic E-state index is 6.00. The lowest BCUT2D eigenvalue weighted by atomic mass is 10.1. The molecule has 4 aromatic rings. The molecule has 29 heavy (non-hydrogen) atoms. The molecular formula is C22H21N5OS. The number of aromatic nitrogens is 5. The van der Waals surface area contributed by atoms with Crippen LogP contribution in [0, 0.1) is 6.92 Å². The van der Waals surface area contributed by atoms with Crippen molar-refractivity contribution in [2.75, 3.05) is 6.61 Å². The van der Waals surface area contributed by atoms with Crippen LogP contribution in [0.2, 0.25) is 0 Å². The molecule has 0 unspecified atom stereocenters. The molecule has 0 N–H and O–H groups in total.